The van der Waals surface area contributed by atoms with Crippen LogP contribution in [0, 0.1) is 0 Å². The van der Waals surface area contributed by atoms with E-state index in [0.717, 1.165) is 25.7 Å². The molecule has 126 valence electrons. The zero-order valence-corrected chi connectivity index (χ0v) is 14.5. The van der Waals surface area contributed by atoms with Crippen LogP contribution in [-0.4, -0.2) is 46.3 Å². The Morgan fingerprint density at radius 3 is 2.74 bits per heavy atom. The quantitative estimate of drug-likeness (QED) is 0.792. The maximum Gasteiger partial charge on any atom is 0.228 e. The molecular weight excluding hydrogens is 363 g/mol. The summed E-state index contributed by atoms with van der Waals surface area (Å²) in [6.45, 7) is 0.169. The van der Waals surface area contributed by atoms with Gasteiger partial charge in [0, 0.05) is 18.7 Å². The van der Waals surface area contributed by atoms with Crippen LogP contribution in [0.15, 0.2) is 6.07 Å². The zero-order chi connectivity index (χ0) is 16.4. The minimum Gasteiger partial charge on any atom is -0.353 e. The highest BCUT2D eigenvalue weighted by molar-refractivity contribution is 7.89. The lowest BCUT2D eigenvalue weighted by molar-refractivity contribution is 0.552. The van der Waals surface area contributed by atoms with E-state index in [1.807, 2.05) is 0 Å². The summed E-state index contributed by atoms with van der Waals surface area (Å²) in [5.74, 6) is 0.227. The Balaban J connectivity index is 1.64. The first-order valence-corrected chi connectivity index (χ1v) is 9.66. The molecule has 1 aliphatic rings. The zero-order valence-electron chi connectivity index (χ0n) is 12.2. The SMILES string of the molecule is O=S(=O)(CCNc1nc(Cl)nc2cc(Cl)nn12)NC1CCCC1. The molecule has 2 aromatic heterocycles. The molecule has 2 aromatic rings. The van der Waals surface area contributed by atoms with Crippen molar-refractivity contribution in [2.24, 2.45) is 0 Å². The van der Waals surface area contributed by atoms with E-state index in [0.29, 0.717) is 11.6 Å². The van der Waals surface area contributed by atoms with Crippen LogP contribution in [-0.2, 0) is 10.0 Å². The van der Waals surface area contributed by atoms with Gasteiger partial charge in [-0.3, -0.25) is 0 Å². The Labute approximate surface area is 143 Å². The van der Waals surface area contributed by atoms with Gasteiger partial charge in [-0.15, -0.1) is 0 Å². The van der Waals surface area contributed by atoms with Gasteiger partial charge in [0.25, 0.3) is 0 Å². The summed E-state index contributed by atoms with van der Waals surface area (Å²) in [5.41, 5.74) is 0.435. The fourth-order valence-corrected chi connectivity index (χ4v) is 4.17. The third-order valence-corrected chi connectivity index (χ3v) is 5.41. The Morgan fingerprint density at radius 2 is 2.00 bits per heavy atom. The van der Waals surface area contributed by atoms with E-state index in [1.165, 1.54) is 4.52 Å². The van der Waals surface area contributed by atoms with Gasteiger partial charge >= 0.3 is 0 Å². The van der Waals surface area contributed by atoms with Gasteiger partial charge in [0.2, 0.25) is 21.3 Å². The molecule has 0 saturated heterocycles. The van der Waals surface area contributed by atoms with Crippen LogP contribution < -0.4 is 10.0 Å². The van der Waals surface area contributed by atoms with Crippen LogP contribution in [0.25, 0.3) is 5.65 Å². The molecule has 0 unspecified atom stereocenters. The van der Waals surface area contributed by atoms with E-state index < -0.39 is 10.0 Å². The van der Waals surface area contributed by atoms with Gasteiger partial charge < -0.3 is 5.32 Å². The molecule has 3 rings (SSSR count). The number of aromatic nitrogens is 4. The predicted octanol–water partition coefficient (Wildman–Crippen LogP) is 1.70. The lowest BCUT2D eigenvalue weighted by atomic mass is 10.3. The monoisotopic (exact) mass is 378 g/mol. The average Bonchev–Trinajstić information content (AvgIpc) is 3.06. The van der Waals surface area contributed by atoms with Crippen molar-refractivity contribution < 1.29 is 8.42 Å². The molecule has 0 spiro atoms. The lowest BCUT2D eigenvalue weighted by Crippen LogP contribution is -2.36. The first-order chi connectivity index (χ1) is 10.9. The first-order valence-electron chi connectivity index (χ1n) is 7.26. The van der Waals surface area contributed by atoms with Gasteiger partial charge in [-0.25, -0.2) is 13.1 Å². The minimum absolute atomic E-state index is 0.0310. The summed E-state index contributed by atoms with van der Waals surface area (Å²) in [6.07, 6.45) is 3.95. The van der Waals surface area contributed by atoms with E-state index in [4.69, 9.17) is 23.2 Å². The Hall–Kier alpha value is -1.16. The van der Waals surface area contributed by atoms with Crippen molar-refractivity contribution in [1.29, 1.82) is 0 Å². The summed E-state index contributed by atoms with van der Waals surface area (Å²) in [5, 5.41) is 7.21. The van der Waals surface area contributed by atoms with Crippen LogP contribution in [0.4, 0.5) is 5.95 Å². The fraction of sp³-hybridized carbons (Fsp3) is 0.583. The molecule has 1 aliphatic carbocycles. The number of hydrogen-bond donors (Lipinski definition) is 2. The molecule has 1 fully saturated rings. The second-order valence-corrected chi connectivity index (χ2v) is 8.00. The third-order valence-electron chi connectivity index (χ3n) is 3.62. The highest BCUT2D eigenvalue weighted by atomic mass is 35.5. The smallest absolute Gasteiger partial charge is 0.228 e. The number of nitrogens with one attached hydrogen (secondary N) is 2. The lowest BCUT2D eigenvalue weighted by Gasteiger charge is -2.13. The van der Waals surface area contributed by atoms with Crippen LogP contribution in [0.1, 0.15) is 25.7 Å². The van der Waals surface area contributed by atoms with Crippen LogP contribution in [0.2, 0.25) is 10.4 Å². The topological polar surface area (TPSA) is 101 Å². The van der Waals surface area contributed by atoms with Gasteiger partial charge in [0.1, 0.15) is 0 Å². The summed E-state index contributed by atoms with van der Waals surface area (Å²) in [7, 11) is -3.34. The van der Waals surface area contributed by atoms with E-state index in [9.17, 15) is 8.42 Å². The predicted molar refractivity (Wildman–Crippen MR) is 88.5 cm³/mol. The number of sulfonamides is 1. The average molecular weight is 379 g/mol. The van der Waals surface area contributed by atoms with Crippen molar-refractivity contribution in [2.45, 2.75) is 31.7 Å². The normalized spacial score (nSPS) is 16.3. The molecule has 23 heavy (non-hydrogen) atoms. The van der Waals surface area contributed by atoms with Crippen LogP contribution >= 0.6 is 23.2 Å². The molecule has 0 amide bonds. The van der Waals surface area contributed by atoms with Crippen LogP contribution in [0.3, 0.4) is 0 Å². The molecule has 0 aliphatic heterocycles. The summed E-state index contributed by atoms with van der Waals surface area (Å²) in [4.78, 5) is 7.99. The Morgan fingerprint density at radius 1 is 1.26 bits per heavy atom. The maximum atomic E-state index is 12.1. The Bertz CT molecular complexity index is 803. The molecule has 2 heterocycles. The molecule has 0 aromatic carbocycles. The van der Waals surface area contributed by atoms with Gasteiger partial charge in [-0.05, 0) is 24.4 Å². The number of nitrogens with zero attached hydrogens (tertiary/aromatic N) is 4. The minimum atomic E-state index is -3.34. The fourth-order valence-electron chi connectivity index (χ4n) is 2.60. The molecule has 0 atom stereocenters. The van der Waals surface area contributed by atoms with E-state index in [2.05, 4.69) is 25.1 Å². The second-order valence-electron chi connectivity index (χ2n) is 5.40. The van der Waals surface area contributed by atoms with Crippen molar-refractivity contribution in [3.05, 3.63) is 16.5 Å². The van der Waals surface area contributed by atoms with E-state index >= 15 is 0 Å². The van der Waals surface area contributed by atoms with Gasteiger partial charge in [0.05, 0.1) is 5.75 Å². The van der Waals surface area contributed by atoms with Crippen molar-refractivity contribution in [3.8, 4) is 0 Å². The second kappa shape index (κ2) is 6.76. The number of anilines is 1. The maximum absolute atomic E-state index is 12.1. The molecule has 1 saturated carbocycles. The highest BCUT2D eigenvalue weighted by Crippen LogP contribution is 2.18. The van der Waals surface area contributed by atoms with Crippen molar-refractivity contribution in [2.75, 3.05) is 17.6 Å². The van der Waals surface area contributed by atoms with Crippen LogP contribution in [0.5, 0.6) is 0 Å². The number of hydrogen-bond acceptors (Lipinski definition) is 6. The number of rotatable bonds is 6. The standard InChI is InChI=1S/C12H16Cl2N6O2S/c13-9-7-10-16-11(14)17-12(20(10)18-9)15-5-6-23(21,22)19-8-3-1-2-4-8/h7-8,19H,1-6H2,(H,15,16,17). The first kappa shape index (κ1) is 16.7. The van der Waals surface area contributed by atoms with Crippen molar-refractivity contribution in [3.63, 3.8) is 0 Å². The van der Waals surface area contributed by atoms with Gasteiger partial charge in [-0.1, -0.05) is 24.4 Å². The summed E-state index contributed by atoms with van der Waals surface area (Å²) >= 11 is 11.7. The highest BCUT2D eigenvalue weighted by Gasteiger charge is 2.21. The molecule has 0 radical (unpaired) electrons. The van der Waals surface area contributed by atoms with E-state index in [-0.39, 0.29) is 28.8 Å². The molecule has 0 bridgehead atoms. The van der Waals surface area contributed by atoms with Crippen molar-refractivity contribution in [1.82, 2.24) is 24.3 Å². The largest absolute Gasteiger partial charge is 0.353 e. The molecular formula is C12H16Cl2N6O2S. The third kappa shape index (κ3) is 4.23. The number of fused-ring (bicyclic) bond motifs is 1. The summed E-state index contributed by atoms with van der Waals surface area (Å²) in [6, 6.07) is 1.60. The molecule has 2 N–H and O–H groups in total. The molecule has 8 nitrogen and oxygen atoms in total. The number of halogens is 2. The Kier molecular flexibility index (Phi) is 4.90. The van der Waals surface area contributed by atoms with Gasteiger partial charge in [-0.2, -0.15) is 19.6 Å². The van der Waals surface area contributed by atoms with E-state index in [1.54, 1.807) is 6.07 Å². The molecule has 11 heteroatoms. The summed E-state index contributed by atoms with van der Waals surface area (Å²) < 4.78 is 28.2. The van der Waals surface area contributed by atoms with Gasteiger partial charge in [0.15, 0.2) is 10.8 Å². The van der Waals surface area contributed by atoms with Crippen molar-refractivity contribution >= 4 is 44.8 Å².